The van der Waals surface area contributed by atoms with E-state index in [1.165, 1.54) is 22.5 Å². The lowest BCUT2D eigenvalue weighted by Crippen LogP contribution is -2.35. The van der Waals surface area contributed by atoms with Crippen molar-refractivity contribution >= 4 is 22.4 Å². The average molecular weight is 331 g/mol. The summed E-state index contributed by atoms with van der Waals surface area (Å²) >= 11 is 1.51. The van der Waals surface area contributed by atoms with Crippen molar-refractivity contribution in [2.24, 2.45) is 0 Å². The summed E-state index contributed by atoms with van der Waals surface area (Å²) in [7, 11) is 0. The molecule has 1 aliphatic rings. The Bertz CT molecular complexity index is 696. The van der Waals surface area contributed by atoms with Crippen LogP contribution in [-0.2, 0) is 11.2 Å². The van der Waals surface area contributed by atoms with E-state index in [2.05, 4.69) is 46.8 Å². The van der Waals surface area contributed by atoms with E-state index in [1.807, 2.05) is 6.92 Å². The Morgan fingerprint density at radius 1 is 1.39 bits per heavy atom. The molecule has 0 aliphatic carbocycles. The molecule has 3 N–H and O–H groups in total. The number of anilines is 1. The van der Waals surface area contributed by atoms with Crippen LogP contribution in [-0.4, -0.2) is 34.7 Å². The molecule has 1 saturated heterocycles. The van der Waals surface area contributed by atoms with E-state index < -0.39 is 6.10 Å². The number of thiazole rings is 1. The first kappa shape index (κ1) is 16.1. The smallest absolute Gasteiger partial charge is 0.243 e. The number of nitrogens with one attached hydrogen (secondary N) is 2. The molecule has 5 nitrogen and oxygen atoms in total. The molecule has 0 unspecified atom stereocenters. The average Bonchev–Trinajstić information content (AvgIpc) is 3.08. The van der Waals surface area contributed by atoms with E-state index >= 15 is 0 Å². The van der Waals surface area contributed by atoms with Crippen molar-refractivity contribution < 1.29 is 9.90 Å². The highest BCUT2D eigenvalue weighted by molar-refractivity contribution is 7.15. The zero-order valence-electron chi connectivity index (χ0n) is 13.3. The molecule has 3 rings (SSSR count). The summed E-state index contributed by atoms with van der Waals surface area (Å²) in [5.41, 5.74) is 3.43. The van der Waals surface area contributed by atoms with Gasteiger partial charge in [-0.05, 0) is 25.8 Å². The number of β-amino-alcohol motifs (C(OH)–C–C–N with tert-alkyl or cyclic N) is 1. The molecule has 1 amide bonds. The highest BCUT2D eigenvalue weighted by Crippen LogP contribution is 2.25. The van der Waals surface area contributed by atoms with E-state index in [0.29, 0.717) is 18.1 Å². The van der Waals surface area contributed by atoms with Gasteiger partial charge in [0.15, 0.2) is 5.13 Å². The van der Waals surface area contributed by atoms with Gasteiger partial charge in [-0.1, -0.05) is 29.8 Å². The number of aliphatic hydroxyl groups excluding tert-OH is 1. The third kappa shape index (κ3) is 3.96. The molecule has 6 heteroatoms. The summed E-state index contributed by atoms with van der Waals surface area (Å²) in [6.45, 7) is 4.50. The van der Waals surface area contributed by atoms with Crippen LogP contribution in [0.3, 0.4) is 0 Å². The van der Waals surface area contributed by atoms with Gasteiger partial charge in [0.2, 0.25) is 5.91 Å². The quantitative estimate of drug-likeness (QED) is 0.801. The van der Waals surface area contributed by atoms with Crippen LogP contribution in [0.5, 0.6) is 0 Å². The lowest BCUT2D eigenvalue weighted by Gasteiger charge is -2.08. The Hall–Kier alpha value is -1.76. The van der Waals surface area contributed by atoms with Gasteiger partial charge in [-0.25, -0.2) is 4.98 Å². The number of hydrogen-bond donors (Lipinski definition) is 3. The molecule has 0 saturated carbocycles. The Morgan fingerprint density at radius 2 is 2.13 bits per heavy atom. The molecule has 0 bridgehead atoms. The summed E-state index contributed by atoms with van der Waals surface area (Å²) in [5.74, 6) is -0.128. The molecule has 0 spiro atoms. The van der Waals surface area contributed by atoms with Crippen LogP contribution in [0.1, 0.15) is 28.1 Å². The standard InChI is InChI=1S/C17H21N3O2S/c1-10-3-5-12(6-4-10)7-15-11(2)19-17(23-15)20-16(22)14-8-13(21)9-18-14/h3-6,13-14,18,21H,7-9H2,1-2H3,(H,19,20,22)/t13-,14+/m1/s1. The van der Waals surface area contributed by atoms with Crippen LogP contribution in [0.4, 0.5) is 5.13 Å². The zero-order chi connectivity index (χ0) is 16.4. The fourth-order valence-corrected chi connectivity index (χ4v) is 3.65. The van der Waals surface area contributed by atoms with Gasteiger partial charge >= 0.3 is 0 Å². The number of carbonyl (C=O) groups is 1. The lowest BCUT2D eigenvalue weighted by atomic mass is 10.1. The fraction of sp³-hybridized carbons (Fsp3) is 0.412. The number of rotatable bonds is 4. The third-order valence-corrected chi connectivity index (χ3v) is 5.11. The van der Waals surface area contributed by atoms with Gasteiger partial charge in [0.05, 0.1) is 17.8 Å². The molecule has 2 aromatic rings. The van der Waals surface area contributed by atoms with Crippen molar-refractivity contribution in [1.82, 2.24) is 10.3 Å². The number of carbonyl (C=O) groups excluding carboxylic acids is 1. The molecule has 1 fully saturated rings. The Balaban J connectivity index is 1.66. The summed E-state index contributed by atoms with van der Waals surface area (Å²) in [4.78, 5) is 17.8. The fourth-order valence-electron chi connectivity index (χ4n) is 2.65. The number of aromatic nitrogens is 1. The van der Waals surface area contributed by atoms with Crippen LogP contribution >= 0.6 is 11.3 Å². The number of aryl methyl sites for hydroxylation is 2. The topological polar surface area (TPSA) is 74.2 Å². The van der Waals surface area contributed by atoms with Gasteiger partial charge in [0.25, 0.3) is 0 Å². The van der Waals surface area contributed by atoms with E-state index in [0.717, 1.165) is 17.0 Å². The molecule has 2 atom stereocenters. The third-order valence-electron chi connectivity index (χ3n) is 4.03. The second kappa shape index (κ2) is 6.78. The maximum atomic E-state index is 12.2. The van der Waals surface area contributed by atoms with E-state index in [1.54, 1.807) is 0 Å². The second-order valence-corrected chi connectivity index (χ2v) is 7.11. The van der Waals surface area contributed by atoms with Gasteiger partial charge in [-0.2, -0.15) is 0 Å². The highest BCUT2D eigenvalue weighted by Gasteiger charge is 2.28. The minimum absolute atomic E-state index is 0.128. The lowest BCUT2D eigenvalue weighted by molar-refractivity contribution is -0.117. The van der Waals surface area contributed by atoms with Crippen molar-refractivity contribution in [3.8, 4) is 0 Å². The molecule has 23 heavy (non-hydrogen) atoms. The first-order chi connectivity index (χ1) is 11.0. The molecule has 1 aromatic carbocycles. The molecule has 1 aliphatic heterocycles. The van der Waals surface area contributed by atoms with Crippen LogP contribution in [0.2, 0.25) is 0 Å². The maximum Gasteiger partial charge on any atom is 0.243 e. The molecule has 122 valence electrons. The van der Waals surface area contributed by atoms with E-state index in [4.69, 9.17) is 0 Å². The normalized spacial score (nSPS) is 20.7. The first-order valence-corrected chi connectivity index (χ1v) is 8.57. The Kier molecular flexibility index (Phi) is 4.75. The largest absolute Gasteiger partial charge is 0.392 e. The molecular formula is C17H21N3O2S. The van der Waals surface area contributed by atoms with Gasteiger partial charge in [-0.15, -0.1) is 11.3 Å². The summed E-state index contributed by atoms with van der Waals surface area (Å²) in [6.07, 6.45) is 0.827. The molecule has 1 aromatic heterocycles. The highest BCUT2D eigenvalue weighted by atomic mass is 32.1. The van der Waals surface area contributed by atoms with Gasteiger partial charge in [0, 0.05) is 17.8 Å². The maximum absolute atomic E-state index is 12.2. The van der Waals surface area contributed by atoms with Gasteiger partial charge in [0.1, 0.15) is 0 Å². The van der Waals surface area contributed by atoms with Gasteiger partial charge in [-0.3, -0.25) is 4.79 Å². The minimum Gasteiger partial charge on any atom is -0.392 e. The van der Waals surface area contributed by atoms with Crippen molar-refractivity contribution in [3.05, 3.63) is 46.0 Å². The Labute approximate surface area is 139 Å². The van der Waals surface area contributed by atoms with Crippen LogP contribution in [0.15, 0.2) is 24.3 Å². The molecule has 2 heterocycles. The number of benzene rings is 1. The van der Waals surface area contributed by atoms with E-state index in [9.17, 15) is 9.90 Å². The summed E-state index contributed by atoms with van der Waals surface area (Å²) in [5, 5.41) is 16.0. The predicted octanol–water partition coefficient (Wildman–Crippen LogP) is 2.01. The van der Waals surface area contributed by atoms with Gasteiger partial charge < -0.3 is 15.7 Å². The van der Waals surface area contributed by atoms with Crippen LogP contribution < -0.4 is 10.6 Å². The first-order valence-electron chi connectivity index (χ1n) is 7.75. The second-order valence-electron chi connectivity index (χ2n) is 6.03. The predicted molar refractivity (Wildman–Crippen MR) is 91.9 cm³/mol. The number of nitrogens with zero attached hydrogens (tertiary/aromatic N) is 1. The van der Waals surface area contributed by atoms with Crippen molar-refractivity contribution in [2.45, 2.75) is 38.8 Å². The van der Waals surface area contributed by atoms with Crippen LogP contribution in [0.25, 0.3) is 0 Å². The molecular weight excluding hydrogens is 310 g/mol. The van der Waals surface area contributed by atoms with Crippen LogP contribution in [0, 0.1) is 13.8 Å². The van der Waals surface area contributed by atoms with E-state index in [-0.39, 0.29) is 11.9 Å². The minimum atomic E-state index is -0.444. The zero-order valence-corrected chi connectivity index (χ0v) is 14.1. The molecule has 0 radical (unpaired) electrons. The monoisotopic (exact) mass is 331 g/mol. The summed E-state index contributed by atoms with van der Waals surface area (Å²) < 4.78 is 0. The number of hydrogen-bond acceptors (Lipinski definition) is 5. The SMILES string of the molecule is Cc1ccc(Cc2sc(NC(=O)[C@@H]3C[C@@H](O)CN3)nc2C)cc1. The van der Waals surface area contributed by atoms with Crippen molar-refractivity contribution in [2.75, 3.05) is 11.9 Å². The summed E-state index contributed by atoms with van der Waals surface area (Å²) in [6, 6.07) is 8.11. The number of aliphatic hydroxyl groups is 1. The van der Waals surface area contributed by atoms with Crippen molar-refractivity contribution in [3.63, 3.8) is 0 Å². The Morgan fingerprint density at radius 3 is 2.78 bits per heavy atom. The van der Waals surface area contributed by atoms with Crippen molar-refractivity contribution in [1.29, 1.82) is 0 Å². The number of amides is 1.